The molecule has 0 unspecified atom stereocenters. The topological polar surface area (TPSA) is 147 Å². The molecule has 0 aromatic heterocycles. The van der Waals surface area contributed by atoms with Gasteiger partial charge in [0.15, 0.2) is 28.9 Å². The SMILES string of the molecule is CC(=O)OC[C@H]1O[C@@H](SC2=N/C(=C\c3ccccc3)C(=O)N2c2ccccc2)[C@@H](OC(C)=O)[C@@H](OC(C)=O)[C@H]1OC(C)=O. The van der Waals surface area contributed by atoms with E-state index in [-0.39, 0.29) is 17.5 Å². The van der Waals surface area contributed by atoms with E-state index >= 15 is 0 Å². The summed E-state index contributed by atoms with van der Waals surface area (Å²) in [4.78, 5) is 67.7. The fourth-order valence-electron chi connectivity index (χ4n) is 4.47. The first-order chi connectivity index (χ1) is 20.5. The standard InChI is InChI=1S/C30H30N2O10S/c1-17(33)38-16-24-25(39-18(2)34)26(40-19(3)35)27(41-20(4)36)29(42-24)43-30-31-23(15-21-11-7-5-8-12-21)28(37)32(30)22-13-9-6-10-14-22/h5-15,24-27,29H,16H2,1-4H3/b23-15-/t24-,25+,26+,27+,29+/m1/s1. The van der Waals surface area contributed by atoms with Gasteiger partial charge in [-0.15, -0.1) is 0 Å². The molecule has 0 N–H and O–H groups in total. The molecule has 1 fully saturated rings. The number of amidine groups is 1. The van der Waals surface area contributed by atoms with Gasteiger partial charge in [0, 0.05) is 27.7 Å². The van der Waals surface area contributed by atoms with Crippen LogP contribution in [0.2, 0.25) is 0 Å². The Morgan fingerprint density at radius 2 is 1.37 bits per heavy atom. The first kappa shape index (κ1) is 31.4. The molecular weight excluding hydrogens is 580 g/mol. The average molecular weight is 611 g/mol. The van der Waals surface area contributed by atoms with E-state index in [1.54, 1.807) is 36.4 Å². The second kappa shape index (κ2) is 14.1. The molecule has 12 nitrogen and oxygen atoms in total. The second-order valence-electron chi connectivity index (χ2n) is 9.50. The lowest BCUT2D eigenvalue weighted by atomic mass is 9.99. The molecule has 1 amide bonds. The quantitative estimate of drug-likeness (QED) is 0.246. The maximum atomic E-state index is 13.7. The number of ether oxygens (including phenoxy) is 5. The molecule has 0 radical (unpaired) electrons. The molecule has 2 aliphatic rings. The normalized spacial score (nSPS) is 24.2. The molecule has 13 heteroatoms. The van der Waals surface area contributed by atoms with Crippen molar-refractivity contribution >= 4 is 58.5 Å². The van der Waals surface area contributed by atoms with Crippen molar-refractivity contribution in [2.24, 2.45) is 4.99 Å². The highest BCUT2D eigenvalue weighted by Gasteiger charge is 2.53. The molecule has 0 aliphatic carbocycles. The summed E-state index contributed by atoms with van der Waals surface area (Å²) in [6.45, 7) is 4.27. The third-order valence-electron chi connectivity index (χ3n) is 6.12. The molecule has 4 rings (SSSR count). The molecule has 0 spiro atoms. The zero-order valence-corrected chi connectivity index (χ0v) is 24.6. The highest BCUT2D eigenvalue weighted by molar-refractivity contribution is 8.14. The fraction of sp³-hybridized carbons (Fsp3) is 0.333. The van der Waals surface area contributed by atoms with Crippen LogP contribution in [0.25, 0.3) is 6.08 Å². The van der Waals surface area contributed by atoms with Crippen LogP contribution in [0.3, 0.4) is 0 Å². The summed E-state index contributed by atoms with van der Waals surface area (Å²) in [6, 6.07) is 17.9. The van der Waals surface area contributed by atoms with E-state index in [2.05, 4.69) is 4.99 Å². The van der Waals surface area contributed by atoms with Crippen molar-refractivity contribution in [2.75, 3.05) is 11.5 Å². The Balaban J connectivity index is 1.78. The van der Waals surface area contributed by atoms with Crippen LogP contribution in [-0.4, -0.2) is 71.4 Å². The number of anilines is 1. The second-order valence-corrected chi connectivity index (χ2v) is 10.6. The Morgan fingerprint density at radius 1 is 0.814 bits per heavy atom. The number of hydrogen-bond donors (Lipinski definition) is 0. The lowest BCUT2D eigenvalue weighted by Gasteiger charge is -2.44. The monoisotopic (exact) mass is 610 g/mol. The highest BCUT2D eigenvalue weighted by atomic mass is 32.2. The third-order valence-corrected chi connectivity index (χ3v) is 7.21. The Kier molecular flexibility index (Phi) is 10.3. The zero-order chi connectivity index (χ0) is 31.1. The number of hydrogen-bond acceptors (Lipinski definition) is 12. The predicted molar refractivity (Wildman–Crippen MR) is 155 cm³/mol. The number of aliphatic imine (C=N–C) groups is 1. The summed E-state index contributed by atoms with van der Waals surface area (Å²) in [7, 11) is 0. The van der Waals surface area contributed by atoms with E-state index in [0.29, 0.717) is 5.69 Å². The van der Waals surface area contributed by atoms with Crippen molar-refractivity contribution in [3.63, 3.8) is 0 Å². The van der Waals surface area contributed by atoms with Crippen LogP contribution in [0.4, 0.5) is 5.69 Å². The van der Waals surface area contributed by atoms with Crippen LogP contribution in [0.5, 0.6) is 0 Å². The Labute approximate surface area is 252 Å². The fourth-order valence-corrected chi connectivity index (χ4v) is 5.67. The number of para-hydroxylation sites is 1. The number of benzene rings is 2. The van der Waals surface area contributed by atoms with E-state index in [0.717, 1.165) is 38.1 Å². The highest BCUT2D eigenvalue weighted by Crippen LogP contribution is 2.38. The molecule has 43 heavy (non-hydrogen) atoms. The average Bonchev–Trinajstić information content (AvgIpc) is 3.25. The maximum Gasteiger partial charge on any atom is 0.303 e. The van der Waals surface area contributed by atoms with Crippen LogP contribution >= 0.6 is 11.8 Å². The van der Waals surface area contributed by atoms with Crippen molar-refractivity contribution < 1.29 is 47.7 Å². The van der Waals surface area contributed by atoms with Gasteiger partial charge in [-0.3, -0.25) is 28.9 Å². The number of carbonyl (C=O) groups is 5. The molecule has 5 atom stereocenters. The van der Waals surface area contributed by atoms with Gasteiger partial charge in [0.1, 0.15) is 18.4 Å². The van der Waals surface area contributed by atoms with Gasteiger partial charge in [0.05, 0.1) is 5.69 Å². The summed E-state index contributed by atoms with van der Waals surface area (Å²) < 4.78 is 27.9. The van der Waals surface area contributed by atoms with Crippen LogP contribution in [0.1, 0.15) is 33.3 Å². The number of esters is 4. The lowest BCUT2D eigenvalue weighted by molar-refractivity contribution is -0.237. The molecule has 2 aromatic rings. The minimum atomic E-state index is -1.35. The smallest absolute Gasteiger partial charge is 0.303 e. The number of thioether (sulfide) groups is 1. The molecule has 0 bridgehead atoms. The number of nitrogens with zero attached hydrogens (tertiary/aromatic N) is 2. The van der Waals surface area contributed by atoms with Gasteiger partial charge in [-0.05, 0) is 23.8 Å². The van der Waals surface area contributed by atoms with Gasteiger partial charge in [-0.1, -0.05) is 60.3 Å². The van der Waals surface area contributed by atoms with Gasteiger partial charge in [-0.2, -0.15) is 0 Å². The molecule has 2 aliphatic heterocycles. The third kappa shape index (κ3) is 8.08. The van der Waals surface area contributed by atoms with Crippen molar-refractivity contribution in [1.82, 2.24) is 0 Å². The largest absolute Gasteiger partial charge is 0.463 e. The van der Waals surface area contributed by atoms with Crippen molar-refractivity contribution in [1.29, 1.82) is 0 Å². The summed E-state index contributed by atoms with van der Waals surface area (Å²) in [6.07, 6.45) is -3.46. The minimum Gasteiger partial charge on any atom is -0.463 e. The number of amides is 1. The molecule has 2 heterocycles. The van der Waals surface area contributed by atoms with Gasteiger partial charge in [0.25, 0.3) is 5.91 Å². The number of carbonyl (C=O) groups excluding carboxylic acids is 5. The van der Waals surface area contributed by atoms with Gasteiger partial charge >= 0.3 is 23.9 Å². The Morgan fingerprint density at radius 3 is 1.95 bits per heavy atom. The van der Waals surface area contributed by atoms with Crippen LogP contribution < -0.4 is 4.90 Å². The molecular formula is C30H30N2O10S. The summed E-state index contributed by atoms with van der Waals surface area (Å²) in [5.74, 6) is -3.25. The first-order valence-electron chi connectivity index (χ1n) is 13.3. The van der Waals surface area contributed by atoms with Crippen molar-refractivity contribution in [3.8, 4) is 0 Å². The summed E-state index contributed by atoms with van der Waals surface area (Å²) in [5, 5.41) is 0.180. The Bertz CT molecular complexity index is 1430. The minimum absolute atomic E-state index is 0.142. The van der Waals surface area contributed by atoms with Crippen LogP contribution in [0.15, 0.2) is 71.4 Å². The van der Waals surface area contributed by atoms with E-state index in [4.69, 9.17) is 23.7 Å². The van der Waals surface area contributed by atoms with Crippen LogP contribution in [-0.2, 0) is 47.7 Å². The van der Waals surface area contributed by atoms with Crippen LogP contribution in [0, 0.1) is 0 Å². The molecule has 0 saturated carbocycles. The lowest BCUT2D eigenvalue weighted by Crippen LogP contribution is -2.61. The maximum absolute atomic E-state index is 13.7. The predicted octanol–water partition coefficient (Wildman–Crippen LogP) is 3.25. The Hall–Kier alpha value is -4.49. The van der Waals surface area contributed by atoms with Gasteiger partial charge in [0.2, 0.25) is 0 Å². The first-order valence-corrected chi connectivity index (χ1v) is 14.1. The number of rotatable bonds is 8. The molecule has 226 valence electrons. The van der Waals surface area contributed by atoms with Gasteiger partial charge in [-0.25, -0.2) is 4.99 Å². The van der Waals surface area contributed by atoms with Crippen molar-refractivity contribution in [3.05, 3.63) is 71.9 Å². The van der Waals surface area contributed by atoms with Gasteiger partial charge < -0.3 is 23.7 Å². The summed E-state index contributed by atoms with van der Waals surface area (Å²) in [5.41, 5.74) is 0.250. The van der Waals surface area contributed by atoms with Crippen molar-refractivity contribution in [2.45, 2.75) is 57.5 Å². The van der Waals surface area contributed by atoms with E-state index < -0.39 is 59.6 Å². The summed E-state index contributed by atoms with van der Waals surface area (Å²) >= 11 is 0.932. The molecule has 1 saturated heterocycles. The van der Waals surface area contributed by atoms with E-state index in [1.165, 1.54) is 11.8 Å². The van der Waals surface area contributed by atoms with E-state index in [9.17, 15) is 24.0 Å². The zero-order valence-electron chi connectivity index (χ0n) is 23.8. The van der Waals surface area contributed by atoms with E-state index in [1.807, 2.05) is 30.3 Å². The molecule has 2 aromatic carbocycles.